The Labute approximate surface area is 186 Å². The van der Waals surface area contributed by atoms with Gasteiger partial charge >= 0.3 is 26.7 Å². The van der Waals surface area contributed by atoms with Crippen LogP contribution < -0.4 is 32.8 Å². The van der Waals surface area contributed by atoms with Crippen LogP contribution in [0.1, 0.15) is 74.9 Å². The molecule has 4 nitrogen and oxygen atoms in total. The van der Waals surface area contributed by atoms with Gasteiger partial charge in [-0.25, -0.2) is 4.57 Å². The van der Waals surface area contributed by atoms with Gasteiger partial charge in [-0.15, -0.1) is 0 Å². The van der Waals surface area contributed by atoms with E-state index in [0.29, 0.717) is 17.9 Å². The van der Waals surface area contributed by atoms with Gasteiger partial charge in [0.1, 0.15) is 11.5 Å². The molecule has 0 aromatic heterocycles. The first-order valence-corrected chi connectivity index (χ1v) is 11.1. The summed E-state index contributed by atoms with van der Waals surface area (Å²) < 4.78 is 24.0. The maximum Gasteiger partial charge on any atom is 1.00 e. The molecule has 0 spiro atoms. The third kappa shape index (κ3) is 5.12. The molecular formula is C23H30LiO4P. The summed E-state index contributed by atoms with van der Waals surface area (Å²) in [4.78, 5) is 12.9. The second kappa shape index (κ2) is 7.82. The molecule has 2 aromatic carbocycles. The van der Waals surface area contributed by atoms with E-state index < -0.39 is 7.82 Å². The molecule has 0 aliphatic carbocycles. The second-order valence-corrected chi connectivity index (χ2v) is 11.2. The van der Waals surface area contributed by atoms with Crippen molar-refractivity contribution in [3.8, 4) is 11.5 Å². The van der Waals surface area contributed by atoms with Crippen molar-refractivity contribution in [2.24, 2.45) is 0 Å². The molecule has 152 valence electrons. The van der Waals surface area contributed by atoms with Gasteiger partial charge in [0.2, 0.25) is 0 Å². The fourth-order valence-electron chi connectivity index (χ4n) is 3.74. The molecule has 6 heteroatoms. The first-order chi connectivity index (χ1) is 12.7. The van der Waals surface area contributed by atoms with Crippen molar-refractivity contribution in [1.82, 2.24) is 0 Å². The van der Waals surface area contributed by atoms with E-state index in [-0.39, 0.29) is 29.7 Å². The van der Waals surface area contributed by atoms with Crippen LogP contribution in [0.5, 0.6) is 11.5 Å². The molecule has 0 fully saturated rings. The molecule has 1 heterocycles. The molecule has 1 aliphatic rings. The van der Waals surface area contributed by atoms with Gasteiger partial charge in [0.25, 0.3) is 0 Å². The number of phosphoric ester groups is 1. The summed E-state index contributed by atoms with van der Waals surface area (Å²) in [6, 6.07) is 8.02. The Morgan fingerprint density at radius 3 is 1.45 bits per heavy atom. The molecule has 0 saturated carbocycles. The molecule has 0 unspecified atom stereocenters. The van der Waals surface area contributed by atoms with Crippen LogP contribution in [0.4, 0.5) is 0 Å². The summed E-state index contributed by atoms with van der Waals surface area (Å²) in [5.74, 6) is 0.807. The van der Waals surface area contributed by atoms with Crippen LogP contribution in [0, 0.1) is 13.8 Å². The maximum absolute atomic E-state index is 12.9. The zero-order valence-electron chi connectivity index (χ0n) is 19.1. The van der Waals surface area contributed by atoms with Crippen molar-refractivity contribution >= 4 is 7.82 Å². The maximum atomic E-state index is 12.9. The van der Waals surface area contributed by atoms with Gasteiger partial charge in [-0.2, -0.15) is 0 Å². The Kier molecular flexibility index (Phi) is 6.50. The molecule has 0 radical (unpaired) electrons. The van der Waals surface area contributed by atoms with Gasteiger partial charge in [-0.3, -0.25) is 0 Å². The molecule has 29 heavy (non-hydrogen) atoms. The second-order valence-electron chi connectivity index (χ2n) is 9.91. The summed E-state index contributed by atoms with van der Waals surface area (Å²) >= 11 is 0. The number of hydrogen-bond acceptors (Lipinski definition) is 4. The first-order valence-electron chi connectivity index (χ1n) is 9.66. The Hall–Kier alpha value is -1.17. The average molecular weight is 408 g/mol. The number of benzene rings is 2. The quantitative estimate of drug-likeness (QED) is 0.497. The van der Waals surface area contributed by atoms with E-state index >= 15 is 0 Å². The van der Waals surface area contributed by atoms with Crippen molar-refractivity contribution < 1.29 is 37.4 Å². The van der Waals surface area contributed by atoms with Crippen LogP contribution in [-0.2, 0) is 21.8 Å². The van der Waals surface area contributed by atoms with E-state index in [2.05, 4.69) is 41.5 Å². The summed E-state index contributed by atoms with van der Waals surface area (Å²) in [5, 5.41) is 0. The Bertz CT molecular complexity index is 908. The molecule has 3 rings (SSSR count). The van der Waals surface area contributed by atoms with E-state index in [9.17, 15) is 9.46 Å². The monoisotopic (exact) mass is 408 g/mol. The predicted molar refractivity (Wildman–Crippen MR) is 111 cm³/mol. The summed E-state index contributed by atoms with van der Waals surface area (Å²) in [7, 11) is -4.60. The van der Waals surface area contributed by atoms with Crippen LogP contribution >= 0.6 is 7.82 Å². The zero-order valence-corrected chi connectivity index (χ0v) is 20.0. The molecule has 0 atom stereocenters. The fourth-order valence-corrected chi connectivity index (χ4v) is 4.65. The van der Waals surface area contributed by atoms with E-state index in [1.807, 2.05) is 38.1 Å². The Balaban J connectivity index is 0.00000300. The number of phosphoric acid groups is 1. The topological polar surface area (TPSA) is 58.6 Å². The number of hydrogen-bond donors (Lipinski definition) is 0. The molecule has 0 N–H and O–H groups in total. The van der Waals surface area contributed by atoms with E-state index in [1.165, 1.54) is 0 Å². The van der Waals surface area contributed by atoms with Crippen LogP contribution in [0.25, 0.3) is 0 Å². The van der Waals surface area contributed by atoms with E-state index in [4.69, 9.17) is 9.05 Å². The average Bonchev–Trinajstić information content (AvgIpc) is 2.48. The standard InChI is InChI=1S/C23H31O4P.Li/c1-14-9-16-13-17-10-15(2)12-19(23(6,7)8)21(17)27-28(24,25)26-20(16)18(11-14)22(3,4)5;/h9-12H,13H2,1-8H3,(H,24,25);/q;+1/p-1. The summed E-state index contributed by atoms with van der Waals surface area (Å²) in [5.41, 5.74) is 5.12. The minimum absolute atomic E-state index is 0. The Morgan fingerprint density at radius 2 is 1.14 bits per heavy atom. The first kappa shape index (κ1) is 24.1. The predicted octanol–water partition coefficient (Wildman–Crippen LogP) is 2.73. The molecular weight excluding hydrogens is 378 g/mol. The van der Waals surface area contributed by atoms with Crippen LogP contribution in [0.3, 0.4) is 0 Å². The van der Waals surface area contributed by atoms with Gasteiger partial charge in [-0.1, -0.05) is 76.9 Å². The van der Waals surface area contributed by atoms with Gasteiger partial charge < -0.3 is 13.9 Å². The SMILES string of the molecule is Cc1cc2c(c(C(C)(C)C)c1)OP(=O)([O-])Oc1c(cc(C)cc1C(C)(C)C)C2.[Li+]. The molecule has 0 amide bonds. The van der Waals surface area contributed by atoms with Crippen molar-refractivity contribution in [1.29, 1.82) is 0 Å². The molecule has 2 aromatic rings. The minimum atomic E-state index is -4.60. The van der Waals surface area contributed by atoms with Crippen LogP contribution in [0.15, 0.2) is 24.3 Å². The van der Waals surface area contributed by atoms with E-state index in [1.54, 1.807) is 0 Å². The Morgan fingerprint density at radius 1 is 0.793 bits per heavy atom. The fraction of sp³-hybridized carbons (Fsp3) is 0.478. The van der Waals surface area contributed by atoms with Gasteiger partial charge in [0.05, 0.1) is 0 Å². The normalized spacial score (nSPS) is 15.6. The third-order valence-corrected chi connectivity index (χ3v) is 5.84. The van der Waals surface area contributed by atoms with Crippen molar-refractivity contribution in [2.75, 3.05) is 0 Å². The largest absolute Gasteiger partial charge is 1.00 e. The van der Waals surface area contributed by atoms with Gasteiger partial charge in [0.15, 0.2) is 0 Å². The smallest absolute Gasteiger partial charge is 0.736 e. The summed E-state index contributed by atoms with van der Waals surface area (Å²) in [6.07, 6.45) is 0.556. The number of rotatable bonds is 0. The van der Waals surface area contributed by atoms with Crippen LogP contribution in [0.2, 0.25) is 0 Å². The van der Waals surface area contributed by atoms with Gasteiger partial charge in [-0.05, 0) is 35.8 Å². The molecule has 1 aliphatic heterocycles. The molecule has 0 saturated heterocycles. The van der Waals surface area contributed by atoms with Crippen molar-refractivity contribution in [2.45, 2.75) is 72.6 Å². The van der Waals surface area contributed by atoms with Crippen LogP contribution in [-0.4, -0.2) is 0 Å². The van der Waals surface area contributed by atoms with E-state index in [0.717, 1.165) is 33.4 Å². The number of aryl methyl sites for hydroxylation is 2. The van der Waals surface area contributed by atoms with Crippen molar-refractivity contribution in [3.05, 3.63) is 57.6 Å². The summed E-state index contributed by atoms with van der Waals surface area (Å²) in [6.45, 7) is 16.4. The number of fused-ring (bicyclic) bond motifs is 2. The van der Waals surface area contributed by atoms with Crippen molar-refractivity contribution in [3.63, 3.8) is 0 Å². The zero-order chi connectivity index (χ0) is 21.1. The third-order valence-electron chi connectivity index (χ3n) is 5.02. The minimum Gasteiger partial charge on any atom is -0.736 e. The van der Waals surface area contributed by atoms with Gasteiger partial charge in [0, 0.05) is 17.5 Å². The molecule has 0 bridgehead atoms.